The maximum atomic E-state index is 12.9. The molecule has 0 atom stereocenters. The number of fused-ring (bicyclic) bond motifs is 1. The number of piperazine rings is 1. The number of aromatic nitrogens is 3. The highest BCUT2D eigenvalue weighted by Gasteiger charge is 2.22. The molecule has 8 heteroatoms. The van der Waals surface area contributed by atoms with Gasteiger partial charge in [0.1, 0.15) is 11.6 Å². The molecule has 1 amide bonds. The number of hydrogen-bond donors (Lipinski definition) is 0. The Morgan fingerprint density at radius 3 is 2.79 bits per heavy atom. The van der Waals surface area contributed by atoms with Gasteiger partial charge in [-0.1, -0.05) is 0 Å². The third kappa shape index (κ3) is 2.96. The summed E-state index contributed by atoms with van der Waals surface area (Å²) < 4.78 is 14.9. The number of halogens is 1. The number of anilines is 1. The van der Waals surface area contributed by atoms with Gasteiger partial charge in [-0.15, -0.1) is 11.3 Å². The summed E-state index contributed by atoms with van der Waals surface area (Å²) >= 11 is 1.56. The lowest BCUT2D eigenvalue weighted by Gasteiger charge is -2.35. The van der Waals surface area contributed by atoms with Gasteiger partial charge in [-0.05, 0) is 12.1 Å². The highest BCUT2D eigenvalue weighted by atomic mass is 32.1. The molecule has 0 spiro atoms. The van der Waals surface area contributed by atoms with Gasteiger partial charge in [-0.3, -0.25) is 9.20 Å². The largest absolute Gasteiger partial charge is 0.353 e. The lowest BCUT2D eigenvalue weighted by atomic mass is 10.2. The summed E-state index contributed by atoms with van der Waals surface area (Å²) in [7, 11) is 0. The molecule has 4 rings (SSSR count). The van der Waals surface area contributed by atoms with E-state index in [4.69, 9.17) is 0 Å². The molecule has 0 unspecified atom stereocenters. The van der Waals surface area contributed by atoms with Crippen LogP contribution in [0.2, 0.25) is 0 Å². The number of carbonyl (C=O) groups is 1. The van der Waals surface area contributed by atoms with Crippen LogP contribution in [-0.2, 0) is 11.2 Å². The first-order chi connectivity index (χ1) is 11.7. The van der Waals surface area contributed by atoms with Gasteiger partial charge in [0.25, 0.3) is 0 Å². The Hall–Kier alpha value is -2.48. The number of rotatable bonds is 3. The van der Waals surface area contributed by atoms with E-state index in [0.29, 0.717) is 32.6 Å². The molecule has 1 fully saturated rings. The Labute approximate surface area is 142 Å². The van der Waals surface area contributed by atoms with E-state index < -0.39 is 0 Å². The molecule has 0 aliphatic carbocycles. The molecule has 0 radical (unpaired) electrons. The van der Waals surface area contributed by atoms with Gasteiger partial charge in [0.15, 0.2) is 4.96 Å². The van der Waals surface area contributed by atoms with Crippen LogP contribution in [0.15, 0.2) is 36.1 Å². The molecule has 6 nitrogen and oxygen atoms in total. The fourth-order valence-corrected chi connectivity index (χ4v) is 3.59. The van der Waals surface area contributed by atoms with Gasteiger partial charge in [0, 0.05) is 44.0 Å². The zero-order valence-corrected chi connectivity index (χ0v) is 13.7. The van der Waals surface area contributed by atoms with Crippen molar-refractivity contribution in [2.75, 3.05) is 31.1 Å². The smallest absolute Gasteiger partial charge is 0.228 e. The van der Waals surface area contributed by atoms with Crippen molar-refractivity contribution < 1.29 is 9.18 Å². The quantitative estimate of drug-likeness (QED) is 0.727. The predicted octanol–water partition coefficient (Wildman–Crippen LogP) is 1.82. The van der Waals surface area contributed by atoms with Crippen LogP contribution in [-0.4, -0.2) is 51.4 Å². The van der Waals surface area contributed by atoms with E-state index >= 15 is 0 Å². The number of hydrogen-bond acceptors (Lipinski definition) is 5. The number of thiazole rings is 1. The minimum absolute atomic E-state index is 0.0902. The van der Waals surface area contributed by atoms with Gasteiger partial charge >= 0.3 is 0 Å². The van der Waals surface area contributed by atoms with Crippen molar-refractivity contribution in [2.45, 2.75) is 6.42 Å². The first-order valence-corrected chi connectivity index (χ1v) is 8.62. The monoisotopic (exact) mass is 345 g/mol. The third-order valence-electron chi connectivity index (χ3n) is 4.14. The van der Waals surface area contributed by atoms with E-state index in [0.717, 1.165) is 16.5 Å². The van der Waals surface area contributed by atoms with Gasteiger partial charge in [0.05, 0.1) is 18.3 Å². The summed E-state index contributed by atoms with van der Waals surface area (Å²) in [4.78, 5) is 25.8. The minimum atomic E-state index is -0.340. The SMILES string of the molecule is O=C(Cc1cn2ccsc2n1)N1CCN(c2ccc(F)cn2)CC1. The molecule has 24 heavy (non-hydrogen) atoms. The zero-order valence-electron chi connectivity index (χ0n) is 12.9. The van der Waals surface area contributed by atoms with Crippen LogP contribution in [0.25, 0.3) is 4.96 Å². The average molecular weight is 345 g/mol. The lowest BCUT2D eigenvalue weighted by molar-refractivity contribution is -0.130. The zero-order chi connectivity index (χ0) is 16.5. The van der Waals surface area contributed by atoms with Crippen molar-refractivity contribution in [3.05, 3.63) is 47.6 Å². The van der Waals surface area contributed by atoms with Crippen LogP contribution >= 0.6 is 11.3 Å². The van der Waals surface area contributed by atoms with Crippen LogP contribution in [0.3, 0.4) is 0 Å². The highest BCUT2D eigenvalue weighted by molar-refractivity contribution is 7.15. The lowest BCUT2D eigenvalue weighted by Crippen LogP contribution is -2.49. The molecular weight excluding hydrogens is 329 g/mol. The van der Waals surface area contributed by atoms with Crippen LogP contribution in [0.5, 0.6) is 0 Å². The second kappa shape index (κ2) is 6.20. The number of amides is 1. The molecule has 1 aliphatic heterocycles. The van der Waals surface area contributed by atoms with E-state index in [1.807, 2.05) is 27.1 Å². The van der Waals surface area contributed by atoms with Crippen molar-refractivity contribution in [3.8, 4) is 0 Å². The van der Waals surface area contributed by atoms with E-state index in [2.05, 4.69) is 14.9 Å². The molecule has 4 heterocycles. The van der Waals surface area contributed by atoms with E-state index in [1.165, 1.54) is 12.3 Å². The Morgan fingerprint density at radius 1 is 1.25 bits per heavy atom. The van der Waals surface area contributed by atoms with Crippen LogP contribution in [0.4, 0.5) is 10.2 Å². The number of carbonyl (C=O) groups excluding carboxylic acids is 1. The topological polar surface area (TPSA) is 53.7 Å². The summed E-state index contributed by atoms with van der Waals surface area (Å²) in [6, 6.07) is 3.08. The second-order valence-electron chi connectivity index (χ2n) is 5.70. The molecule has 1 saturated heterocycles. The molecular formula is C16H16FN5OS. The van der Waals surface area contributed by atoms with Crippen molar-refractivity contribution in [1.82, 2.24) is 19.3 Å². The average Bonchev–Trinajstić information content (AvgIpc) is 3.17. The van der Waals surface area contributed by atoms with Crippen molar-refractivity contribution in [1.29, 1.82) is 0 Å². The highest BCUT2D eigenvalue weighted by Crippen LogP contribution is 2.15. The van der Waals surface area contributed by atoms with Crippen LogP contribution in [0, 0.1) is 5.82 Å². The maximum Gasteiger partial charge on any atom is 0.228 e. The maximum absolute atomic E-state index is 12.9. The summed E-state index contributed by atoms with van der Waals surface area (Å²) in [5, 5.41) is 1.97. The van der Waals surface area contributed by atoms with Gasteiger partial charge in [-0.2, -0.15) is 0 Å². The Balaban J connectivity index is 1.35. The van der Waals surface area contributed by atoms with E-state index in [9.17, 15) is 9.18 Å². The fraction of sp³-hybridized carbons (Fsp3) is 0.312. The van der Waals surface area contributed by atoms with Crippen molar-refractivity contribution in [2.24, 2.45) is 0 Å². The molecule has 124 valence electrons. The second-order valence-corrected chi connectivity index (χ2v) is 6.58. The summed E-state index contributed by atoms with van der Waals surface area (Å²) in [6.45, 7) is 2.67. The molecule has 3 aromatic heterocycles. The minimum Gasteiger partial charge on any atom is -0.353 e. The Bertz CT molecular complexity index is 822. The Kier molecular flexibility index (Phi) is 3.89. The first kappa shape index (κ1) is 15.1. The molecule has 0 saturated carbocycles. The van der Waals surface area contributed by atoms with E-state index in [-0.39, 0.29) is 11.7 Å². The number of imidazole rings is 1. The standard InChI is InChI=1S/C16H16FN5OS/c17-12-1-2-14(18-10-12)20-3-5-21(6-4-20)15(23)9-13-11-22-7-8-24-16(22)19-13/h1-2,7-8,10-11H,3-6,9H2. The van der Waals surface area contributed by atoms with Crippen LogP contribution < -0.4 is 4.90 Å². The predicted molar refractivity (Wildman–Crippen MR) is 89.8 cm³/mol. The normalized spacial score (nSPS) is 15.2. The summed E-state index contributed by atoms with van der Waals surface area (Å²) in [5.74, 6) is 0.498. The number of pyridine rings is 1. The van der Waals surface area contributed by atoms with Gasteiger partial charge in [0.2, 0.25) is 5.91 Å². The first-order valence-electron chi connectivity index (χ1n) is 7.74. The van der Waals surface area contributed by atoms with Gasteiger partial charge in [-0.25, -0.2) is 14.4 Å². The Morgan fingerprint density at radius 2 is 2.08 bits per heavy atom. The van der Waals surface area contributed by atoms with Gasteiger partial charge < -0.3 is 9.80 Å². The molecule has 1 aliphatic rings. The van der Waals surface area contributed by atoms with Crippen molar-refractivity contribution >= 4 is 28.0 Å². The molecule has 0 N–H and O–H groups in total. The molecule has 0 aromatic carbocycles. The van der Waals surface area contributed by atoms with Crippen molar-refractivity contribution in [3.63, 3.8) is 0 Å². The summed E-state index contributed by atoms with van der Waals surface area (Å²) in [6.07, 6.45) is 5.39. The molecule has 3 aromatic rings. The fourth-order valence-electron chi connectivity index (χ4n) is 2.87. The number of nitrogens with zero attached hydrogens (tertiary/aromatic N) is 5. The third-order valence-corrected chi connectivity index (χ3v) is 4.91. The molecule has 0 bridgehead atoms. The summed E-state index contributed by atoms with van der Waals surface area (Å²) in [5.41, 5.74) is 0.800. The van der Waals surface area contributed by atoms with Crippen LogP contribution in [0.1, 0.15) is 5.69 Å². The van der Waals surface area contributed by atoms with E-state index in [1.54, 1.807) is 17.4 Å².